The van der Waals surface area contributed by atoms with Crippen LogP contribution in [0.5, 0.6) is 0 Å². The van der Waals surface area contributed by atoms with Gasteiger partial charge in [0.2, 0.25) is 0 Å². The normalized spacial score (nSPS) is 18.6. The quantitative estimate of drug-likeness (QED) is 0.848. The van der Waals surface area contributed by atoms with Crippen molar-refractivity contribution in [3.8, 4) is 0 Å². The maximum atomic E-state index is 12.2. The van der Waals surface area contributed by atoms with Crippen LogP contribution in [0.1, 0.15) is 22.3 Å². The second-order valence-electron chi connectivity index (χ2n) is 4.69. The first-order chi connectivity index (χ1) is 9.60. The maximum absolute atomic E-state index is 12.2. The second kappa shape index (κ2) is 6.34. The van der Waals surface area contributed by atoms with E-state index in [0.29, 0.717) is 18.7 Å². The van der Waals surface area contributed by atoms with Gasteiger partial charge >= 0.3 is 5.97 Å². The summed E-state index contributed by atoms with van der Waals surface area (Å²) in [6, 6.07) is 6.89. The van der Waals surface area contributed by atoms with Crippen molar-refractivity contribution in [2.75, 3.05) is 20.2 Å². The monoisotopic (exact) mass is 275 g/mol. The van der Waals surface area contributed by atoms with Crippen LogP contribution in [0.25, 0.3) is 6.08 Å². The molecule has 1 unspecified atom stereocenters. The number of benzene rings is 1. The number of nitrogens with zero attached hydrogens (tertiary/aromatic N) is 1. The molecule has 1 heterocycles. The van der Waals surface area contributed by atoms with Gasteiger partial charge < -0.3 is 14.7 Å². The Hall–Kier alpha value is -2.14. The van der Waals surface area contributed by atoms with Gasteiger partial charge in [0.1, 0.15) is 0 Å². The van der Waals surface area contributed by atoms with E-state index in [9.17, 15) is 9.59 Å². The average molecular weight is 275 g/mol. The molecule has 0 saturated carbocycles. The van der Waals surface area contributed by atoms with Gasteiger partial charge in [-0.15, -0.1) is 0 Å². The van der Waals surface area contributed by atoms with Crippen molar-refractivity contribution in [1.82, 2.24) is 4.90 Å². The van der Waals surface area contributed by atoms with Crippen LogP contribution < -0.4 is 0 Å². The number of aliphatic carboxylic acids is 1. The molecular formula is C15H17NO4. The molecule has 5 nitrogen and oxygen atoms in total. The van der Waals surface area contributed by atoms with E-state index in [4.69, 9.17) is 9.84 Å². The number of amides is 1. The van der Waals surface area contributed by atoms with Crippen LogP contribution >= 0.6 is 0 Å². The van der Waals surface area contributed by atoms with Gasteiger partial charge in [0.05, 0.1) is 6.10 Å². The topological polar surface area (TPSA) is 66.8 Å². The molecule has 20 heavy (non-hydrogen) atoms. The summed E-state index contributed by atoms with van der Waals surface area (Å²) in [5, 5.41) is 8.55. The third-order valence-corrected chi connectivity index (χ3v) is 3.34. The Labute approximate surface area is 117 Å². The smallest absolute Gasteiger partial charge is 0.328 e. The first-order valence-corrected chi connectivity index (χ1v) is 6.43. The third kappa shape index (κ3) is 3.45. The molecule has 0 aromatic heterocycles. The summed E-state index contributed by atoms with van der Waals surface area (Å²) in [7, 11) is 1.65. The minimum Gasteiger partial charge on any atom is -0.478 e. The Kier molecular flexibility index (Phi) is 4.53. The zero-order chi connectivity index (χ0) is 14.5. The molecule has 0 bridgehead atoms. The van der Waals surface area contributed by atoms with Crippen LogP contribution in [0.2, 0.25) is 0 Å². The number of carbonyl (C=O) groups excluding carboxylic acids is 1. The highest BCUT2D eigenvalue weighted by atomic mass is 16.5. The molecule has 2 rings (SSSR count). The van der Waals surface area contributed by atoms with Crippen LogP contribution in [0.4, 0.5) is 0 Å². The summed E-state index contributed by atoms with van der Waals surface area (Å²) in [5.41, 5.74) is 1.36. The first-order valence-electron chi connectivity index (χ1n) is 6.43. The van der Waals surface area contributed by atoms with Crippen LogP contribution in [-0.4, -0.2) is 48.2 Å². The van der Waals surface area contributed by atoms with Gasteiger partial charge in [-0.25, -0.2) is 4.79 Å². The van der Waals surface area contributed by atoms with Crippen LogP contribution in [0.3, 0.4) is 0 Å². The molecule has 1 aliphatic rings. The highest BCUT2D eigenvalue weighted by Crippen LogP contribution is 2.16. The van der Waals surface area contributed by atoms with Crippen molar-refractivity contribution in [2.24, 2.45) is 0 Å². The Bertz CT molecular complexity index is 521. The third-order valence-electron chi connectivity index (χ3n) is 3.34. The maximum Gasteiger partial charge on any atom is 0.328 e. The van der Waals surface area contributed by atoms with Crippen molar-refractivity contribution in [3.05, 3.63) is 41.5 Å². The molecule has 1 aliphatic heterocycles. The van der Waals surface area contributed by atoms with Crippen molar-refractivity contribution < 1.29 is 19.4 Å². The van der Waals surface area contributed by atoms with E-state index in [-0.39, 0.29) is 12.0 Å². The predicted molar refractivity (Wildman–Crippen MR) is 74.4 cm³/mol. The molecule has 0 aliphatic carbocycles. The number of methoxy groups -OCH3 is 1. The summed E-state index contributed by atoms with van der Waals surface area (Å²) < 4.78 is 5.24. The molecule has 1 N–H and O–H groups in total. The average Bonchev–Trinajstić information content (AvgIpc) is 2.94. The van der Waals surface area contributed by atoms with E-state index < -0.39 is 5.97 Å². The van der Waals surface area contributed by atoms with E-state index in [0.717, 1.165) is 18.1 Å². The highest BCUT2D eigenvalue weighted by Gasteiger charge is 2.26. The lowest BCUT2D eigenvalue weighted by Crippen LogP contribution is -2.29. The van der Waals surface area contributed by atoms with Crippen LogP contribution in [0.15, 0.2) is 30.3 Å². The molecular weight excluding hydrogens is 258 g/mol. The Morgan fingerprint density at radius 1 is 1.35 bits per heavy atom. The Morgan fingerprint density at radius 2 is 2.05 bits per heavy atom. The molecule has 106 valence electrons. The molecule has 1 saturated heterocycles. The Balaban J connectivity index is 2.03. The van der Waals surface area contributed by atoms with Gasteiger partial charge in [-0.2, -0.15) is 0 Å². The minimum absolute atomic E-state index is 0.0154. The van der Waals surface area contributed by atoms with Crippen molar-refractivity contribution in [3.63, 3.8) is 0 Å². The van der Waals surface area contributed by atoms with Gasteiger partial charge in [-0.05, 0) is 30.2 Å². The summed E-state index contributed by atoms with van der Waals surface area (Å²) in [6.45, 7) is 1.33. The Morgan fingerprint density at radius 3 is 2.60 bits per heavy atom. The molecule has 0 spiro atoms. The number of carboxylic acids is 1. The number of likely N-dealkylation sites (tertiary alicyclic amines) is 1. The van der Waals surface area contributed by atoms with Crippen LogP contribution in [-0.2, 0) is 9.53 Å². The van der Waals surface area contributed by atoms with Crippen molar-refractivity contribution in [2.45, 2.75) is 12.5 Å². The summed E-state index contributed by atoms with van der Waals surface area (Å²) in [6.07, 6.45) is 3.55. The van der Waals surface area contributed by atoms with Crippen molar-refractivity contribution >= 4 is 18.0 Å². The number of hydrogen-bond donors (Lipinski definition) is 1. The van der Waals surface area contributed by atoms with Gasteiger partial charge in [-0.1, -0.05) is 12.1 Å². The zero-order valence-electron chi connectivity index (χ0n) is 11.3. The number of rotatable bonds is 4. The number of carbonyl (C=O) groups is 2. The molecule has 1 aromatic carbocycles. The van der Waals surface area contributed by atoms with Gasteiger partial charge in [-0.3, -0.25) is 4.79 Å². The lowest BCUT2D eigenvalue weighted by Gasteiger charge is -2.16. The van der Waals surface area contributed by atoms with E-state index in [1.807, 2.05) is 0 Å². The lowest BCUT2D eigenvalue weighted by molar-refractivity contribution is -0.131. The standard InChI is InChI=1S/C15H17NO4/c1-20-13-8-9-16(10-13)15(19)12-5-2-11(3-6-12)4-7-14(17)18/h2-7,13H,8-10H2,1H3,(H,17,18)/b7-4+. The van der Waals surface area contributed by atoms with Gasteiger partial charge in [0.25, 0.3) is 5.91 Å². The lowest BCUT2D eigenvalue weighted by atomic mass is 10.1. The van der Waals surface area contributed by atoms with E-state index in [2.05, 4.69) is 0 Å². The van der Waals surface area contributed by atoms with Crippen molar-refractivity contribution in [1.29, 1.82) is 0 Å². The molecule has 1 fully saturated rings. The molecule has 1 atom stereocenters. The largest absolute Gasteiger partial charge is 0.478 e. The highest BCUT2D eigenvalue weighted by molar-refractivity contribution is 5.94. The predicted octanol–water partition coefficient (Wildman–Crippen LogP) is 1.65. The molecule has 5 heteroatoms. The fourth-order valence-corrected chi connectivity index (χ4v) is 2.19. The van der Waals surface area contributed by atoms with E-state index >= 15 is 0 Å². The van der Waals surface area contributed by atoms with Gasteiger partial charge in [0.15, 0.2) is 0 Å². The van der Waals surface area contributed by atoms with E-state index in [1.54, 1.807) is 36.3 Å². The minimum atomic E-state index is -0.993. The SMILES string of the molecule is COC1CCN(C(=O)c2ccc(/C=C/C(=O)O)cc2)C1. The first kappa shape index (κ1) is 14.3. The van der Waals surface area contributed by atoms with E-state index in [1.165, 1.54) is 6.08 Å². The van der Waals surface area contributed by atoms with Gasteiger partial charge in [0, 0.05) is 31.8 Å². The zero-order valence-corrected chi connectivity index (χ0v) is 11.3. The summed E-state index contributed by atoms with van der Waals surface area (Å²) in [4.78, 5) is 24.4. The fourth-order valence-electron chi connectivity index (χ4n) is 2.19. The number of carboxylic acid groups (broad SMARTS) is 1. The second-order valence-corrected chi connectivity index (χ2v) is 4.69. The number of hydrogen-bond acceptors (Lipinski definition) is 3. The fraction of sp³-hybridized carbons (Fsp3) is 0.333. The molecule has 1 aromatic rings. The molecule has 0 radical (unpaired) electrons. The van der Waals surface area contributed by atoms with Crippen LogP contribution in [0, 0.1) is 0 Å². The summed E-state index contributed by atoms with van der Waals surface area (Å²) >= 11 is 0. The number of ether oxygens (including phenoxy) is 1. The molecule has 1 amide bonds. The summed E-state index contributed by atoms with van der Waals surface area (Å²) in [5.74, 6) is -1.01.